The molecule has 2 aromatic carbocycles. The predicted molar refractivity (Wildman–Crippen MR) is 101 cm³/mol. The van der Waals surface area contributed by atoms with Gasteiger partial charge in [0.15, 0.2) is 0 Å². The average molecular weight is 376 g/mol. The SMILES string of the molecule is CC(C)COc1ccc(Cl)cc1C(=O)N[C@@H](C)c1ccc(C(=O)O)cc1. The van der Waals surface area contributed by atoms with Gasteiger partial charge in [-0.15, -0.1) is 0 Å². The Bertz CT molecular complexity index is 787. The quantitative estimate of drug-likeness (QED) is 0.743. The van der Waals surface area contributed by atoms with Crippen LogP contribution in [0.1, 0.15) is 53.1 Å². The number of ether oxygens (including phenoxy) is 1. The highest BCUT2D eigenvalue weighted by molar-refractivity contribution is 6.31. The minimum atomic E-state index is -0.987. The Kier molecular flexibility index (Phi) is 6.64. The Morgan fingerprint density at radius 2 is 1.77 bits per heavy atom. The van der Waals surface area contributed by atoms with Gasteiger partial charge in [-0.1, -0.05) is 37.6 Å². The lowest BCUT2D eigenvalue weighted by molar-refractivity contribution is 0.0696. The summed E-state index contributed by atoms with van der Waals surface area (Å²) in [6, 6.07) is 11.0. The Labute approximate surface area is 157 Å². The highest BCUT2D eigenvalue weighted by Gasteiger charge is 2.17. The van der Waals surface area contributed by atoms with Gasteiger partial charge >= 0.3 is 5.97 Å². The van der Waals surface area contributed by atoms with Gasteiger partial charge in [0.1, 0.15) is 5.75 Å². The van der Waals surface area contributed by atoms with Gasteiger partial charge in [0.25, 0.3) is 5.91 Å². The summed E-state index contributed by atoms with van der Waals surface area (Å²) in [5.74, 6) is -0.484. The number of nitrogens with one attached hydrogen (secondary N) is 1. The first-order chi connectivity index (χ1) is 12.3. The van der Waals surface area contributed by atoms with Crippen LogP contribution in [-0.2, 0) is 0 Å². The number of hydrogen-bond donors (Lipinski definition) is 2. The number of carbonyl (C=O) groups is 2. The second kappa shape index (κ2) is 8.72. The Morgan fingerprint density at radius 1 is 1.12 bits per heavy atom. The topological polar surface area (TPSA) is 75.6 Å². The van der Waals surface area contributed by atoms with Crippen LogP contribution in [0.4, 0.5) is 0 Å². The van der Waals surface area contributed by atoms with E-state index in [1.165, 1.54) is 12.1 Å². The zero-order valence-electron chi connectivity index (χ0n) is 15.0. The highest BCUT2D eigenvalue weighted by atomic mass is 35.5. The fraction of sp³-hybridized carbons (Fsp3) is 0.300. The third-order valence-corrected chi connectivity index (χ3v) is 4.00. The summed E-state index contributed by atoms with van der Waals surface area (Å²) in [5, 5.41) is 12.3. The number of hydrogen-bond acceptors (Lipinski definition) is 3. The largest absolute Gasteiger partial charge is 0.492 e. The van der Waals surface area contributed by atoms with E-state index in [1.54, 1.807) is 30.3 Å². The molecule has 5 nitrogen and oxygen atoms in total. The molecule has 138 valence electrons. The molecule has 1 atom stereocenters. The van der Waals surface area contributed by atoms with Gasteiger partial charge in [0, 0.05) is 5.02 Å². The lowest BCUT2D eigenvalue weighted by Crippen LogP contribution is -2.27. The van der Waals surface area contributed by atoms with Gasteiger partial charge in [-0.05, 0) is 48.7 Å². The third kappa shape index (κ3) is 5.23. The number of carboxylic acids is 1. The molecule has 0 spiro atoms. The van der Waals surface area contributed by atoms with Gasteiger partial charge in [0.2, 0.25) is 0 Å². The molecule has 0 aliphatic heterocycles. The molecule has 26 heavy (non-hydrogen) atoms. The molecule has 0 aliphatic carbocycles. The van der Waals surface area contributed by atoms with Gasteiger partial charge in [-0.25, -0.2) is 4.79 Å². The second-order valence-corrected chi connectivity index (χ2v) is 6.90. The fourth-order valence-corrected chi connectivity index (χ4v) is 2.51. The van der Waals surface area contributed by atoms with E-state index in [0.29, 0.717) is 28.9 Å². The molecule has 0 radical (unpaired) electrons. The van der Waals surface area contributed by atoms with Crippen molar-refractivity contribution in [3.05, 3.63) is 64.2 Å². The molecule has 0 fully saturated rings. The fourth-order valence-electron chi connectivity index (χ4n) is 2.33. The average Bonchev–Trinajstić information content (AvgIpc) is 2.60. The van der Waals surface area contributed by atoms with Crippen molar-refractivity contribution in [3.8, 4) is 5.75 Å². The molecule has 0 saturated heterocycles. The molecular formula is C20H22ClNO4. The maximum atomic E-state index is 12.7. The van der Waals surface area contributed by atoms with Crippen LogP contribution in [0.3, 0.4) is 0 Å². The van der Waals surface area contributed by atoms with Gasteiger partial charge in [-0.2, -0.15) is 0 Å². The molecule has 0 bridgehead atoms. The van der Waals surface area contributed by atoms with Crippen LogP contribution in [0, 0.1) is 5.92 Å². The molecule has 2 N–H and O–H groups in total. The minimum absolute atomic E-state index is 0.200. The third-order valence-electron chi connectivity index (χ3n) is 3.76. The number of benzene rings is 2. The molecule has 2 rings (SSSR count). The van der Waals surface area contributed by atoms with Crippen molar-refractivity contribution in [2.45, 2.75) is 26.8 Å². The molecule has 2 aromatic rings. The summed E-state index contributed by atoms with van der Waals surface area (Å²) in [6.45, 7) is 6.37. The van der Waals surface area contributed by atoms with Crippen molar-refractivity contribution in [2.24, 2.45) is 5.92 Å². The van der Waals surface area contributed by atoms with Crippen LogP contribution in [0.25, 0.3) is 0 Å². The number of halogens is 1. The van der Waals surface area contributed by atoms with Crippen LogP contribution in [0.15, 0.2) is 42.5 Å². The van der Waals surface area contributed by atoms with Crippen LogP contribution >= 0.6 is 11.6 Å². The zero-order valence-corrected chi connectivity index (χ0v) is 15.7. The van der Waals surface area contributed by atoms with Crippen LogP contribution in [0.2, 0.25) is 5.02 Å². The smallest absolute Gasteiger partial charge is 0.335 e. The van der Waals surface area contributed by atoms with E-state index in [2.05, 4.69) is 5.32 Å². The Morgan fingerprint density at radius 3 is 2.35 bits per heavy atom. The molecular weight excluding hydrogens is 354 g/mol. The predicted octanol–water partition coefficient (Wildman–Crippen LogP) is 4.56. The van der Waals surface area contributed by atoms with E-state index in [-0.39, 0.29) is 17.5 Å². The van der Waals surface area contributed by atoms with E-state index < -0.39 is 5.97 Å². The maximum absolute atomic E-state index is 12.7. The lowest BCUT2D eigenvalue weighted by atomic mass is 10.1. The van der Waals surface area contributed by atoms with Crippen molar-refractivity contribution in [3.63, 3.8) is 0 Å². The summed E-state index contributed by atoms with van der Waals surface area (Å²) in [4.78, 5) is 23.6. The molecule has 6 heteroatoms. The normalized spacial score (nSPS) is 11.9. The van der Waals surface area contributed by atoms with Gasteiger partial charge in [0.05, 0.1) is 23.8 Å². The van der Waals surface area contributed by atoms with Crippen LogP contribution in [0.5, 0.6) is 5.75 Å². The first-order valence-corrected chi connectivity index (χ1v) is 8.72. The van der Waals surface area contributed by atoms with E-state index in [1.807, 2.05) is 20.8 Å². The monoisotopic (exact) mass is 375 g/mol. The van der Waals surface area contributed by atoms with Crippen molar-refractivity contribution >= 4 is 23.5 Å². The number of carboxylic acid groups (broad SMARTS) is 1. The van der Waals surface area contributed by atoms with E-state index in [9.17, 15) is 9.59 Å². The first-order valence-electron chi connectivity index (χ1n) is 8.34. The van der Waals surface area contributed by atoms with E-state index >= 15 is 0 Å². The molecule has 0 unspecified atom stereocenters. The summed E-state index contributed by atoms with van der Waals surface area (Å²) in [7, 11) is 0. The zero-order chi connectivity index (χ0) is 19.3. The van der Waals surface area contributed by atoms with Crippen molar-refractivity contribution in [1.29, 1.82) is 0 Å². The number of carbonyl (C=O) groups excluding carboxylic acids is 1. The van der Waals surface area contributed by atoms with Gasteiger partial charge < -0.3 is 15.2 Å². The van der Waals surface area contributed by atoms with Crippen molar-refractivity contribution < 1.29 is 19.4 Å². The standard InChI is InChI=1S/C20H22ClNO4/c1-12(2)11-26-18-9-8-16(21)10-17(18)19(23)22-13(3)14-4-6-15(7-5-14)20(24)25/h4-10,12-13H,11H2,1-3H3,(H,22,23)(H,24,25)/t13-/m0/s1. The molecule has 0 heterocycles. The van der Waals surface area contributed by atoms with Crippen LogP contribution < -0.4 is 10.1 Å². The van der Waals surface area contributed by atoms with E-state index in [4.69, 9.17) is 21.4 Å². The number of amides is 1. The minimum Gasteiger partial charge on any atom is -0.492 e. The Hall–Kier alpha value is -2.53. The molecule has 0 saturated carbocycles. The van der Waals surface area contributed by atoms with Crippen LogP contribution in [-0.4, -0.2) is 23.6 Å². The van der Waals surface area contributed by atoms with Crippen molar-refractivity contribution in [1.82, 2.24) is 5.32 Å². The van der Waals surface area contributed by atoms with Gasteiger partial charge in [-0.3, -0.25) is 4.79 Å². The number of aromatic carboxylic acids is 1. The Balaban J connectivity index is 2.15. The molecule has 0 aromatic heterocycles. The van der Waals surface area contributed by atoms with Crippen molar-refractivity contribution in [2.75, 3.05) is 6.61 Å². The summed E-state index contributed by atoms with van der Waals surface area (Å²) < 4.78 is 5.72. The summed E-state index contributed by atoms with van der Waals surface area (Å²) in [5.41, 5.74) is 1.37. The highest BCUT2D eigenvalue weighted by Crippen LogP contribution is 2.24. The molecule has 0 aliphatic rings. The molecule has 1 amide bonds. The summed E-state index contributed by atoms with van der Waals surface area (Å²) >= 11 is 6.03. The lowest BCUT2D eigenvalue weighted by Gasteiger charge is -2.17. The summed E-state index contributed by atoms with van der Waals surface area (Å²) in [6.07, 6.45) is 0. The first kappa shape index (κ1) is 19.8. The van der Waals surface area contributed by atoms with E-state index in [0.717, 1.165) is 5.56 Å². The maximum Gasteiger partial charge on any atom is 0.335 e. The second-order valence-electron chi connectivity index (χ2n) is 6.47. The number of rotatable bonds is 7.